The normalized spacial score (nSPS) is 10.3. The summed E-state index contributed by atoms with van der Waals surface area (Å²) in [6.45, 7) is 2.62. The minimum atomic E-state index is 0.293. The predicted octanol–water partition coefficient (Wildman–Crippen LogP) is 1.59. The van der Waals surface area contributed by atoms with Crippen LogP contribution in [0.2, 0.25) is 0 Å². The first-order valence-corrected chi connectivity index (χ1v) is 6.84. The lowest BCUT2D eigenvalue weighted by Gasteiger charge is -2.17. The molecule has 0 saturated heterocycles. The van der Waals surface area contributed by atoms with Gasteiger partial charge in [0.1, 0.15) is 0 Å². The quantitative estimate of drug-likeness (QED) is 0.578. The van der Waals surface area contributed by atoms with E-state index < -0.39 is 0 Å². The summed E-state index contributed by atoms with van der Waals surface area (Å²) in [5, 5.41) is 8.75. The number of aliphatic hydroxyl groups excluding tert-OH is 1. The van der Waals surface area contributed by atoms with E-state index >= 15 is 0 Å². The molecule has 0 aliphatic carbocycles. The third-order valence-electron chi connectivity index (χ3n) is 2.98. The first-order chi connectivity index (χ1) is 9.27. The first kappa shape index (κ1) is 15.7. The van der Waals surface area contributed by atoms with Crippen molar-refractivity contribution in [2.75, 3.05) is 26.7 Å². The molecule has 0 fully saturated rings. The number of nitrogens with two attached hydrogens (primary N) is 1. The van der Waals surface area contributed by atoms with Gasteiger partial charge in [0, 0.05) is 18.7 Å². The van der Waals surface area contributed by atoms with Gasteiger partial charge in [-0.2, -0.15) is 0 Å². The lowest BCUT2D eigenvalue weighted by Crippen LogP contribution is -2.19. The van der Waals surface area contributed by atoms with Crippen molar-refractivity contribution in [2.24, 2.45) is 5.73 Å². The third-order valence-corrected chi connectivity index (χ3v) is 2.98. The van der Waals surface area contributed by atoms with E-state index in [1.165, 1.54) is 5.56 Å². The summed E-state index contributed by atoms with van der Waals surface area (Å²) in [6.07, 6.45) is 3.09. The van der Waals surface area contributed by atoms with Gasteiger partial charge < -0.3 is 15.7 Å². The fourth-order valence-electron chi connectivity index (χ4n) is 1.97. The van der Waals surface area contributed by atoms with E-state index in [9.17, 15) is 0 Å². The number of hydrogen-bond acceptors (Lipinski definition) is 3. The van der Waals surface area contributed by atoms with Crippen LogP contribution in [0.1, 0.15) is 30.4 Å². The summed E-state index contributed by atoms with van der Waals surface area (Å²) < 4.78 is 0. The lowest BCUT2D eigenvalue weighted by molar-refractivity contribution is 0.271. The molecule has 0 saturated carbocycles. The number of rotatable bonds is 7. The molecule has 19 heavy (non-hydrogen) atoms. The van der Waals surface area contributed by atoms with E-state index in [0.29, 0.717) is 13.2 Å². The summed E-state index contributed by atoms with van der Waals surface area (Å²) in [5.74, 6) is 6.03. The molecule has 0 aliphatic rings. The Bertz CT molecular complexity index is 420. The molecule has 104 valence electrons. The minimum absolute atomic E-state index is 0.293. The number of unbranched alkanes of at least 4 members (excludes halogenated alkanes) is 2. The maximum atomic E-state index is 8.75. The molecule has 0 spiro atoms. The Morgan fingerprint density at radius 1 is 1.21 bits per heavy atom. The van der Waals surface area contributed by atoms with Crippen molar-refractivity contribution in [3.63, 3.8) is 0 Å². The van der Waals surface area contributed by atoms with Crippen LogP contribution in [0.3, 0.4) is 0 Å². The SMILES string of the molecule is CN(CCCCCO)Cc1ccccc1C#CCN. The van der Waals surface area contributed by atoms with E-state index in [4.69, 9.17) is 10.8 Å². The standard InChI is InChI=1S/C16H24N2O/c1-18(12-5-2-6-13-19)14-16-9-4-3-8-15(16)10-7-11-17/h3-4,8-9,19H,2,5-6,11-14,17H2,1H3. The van der Waals surface area contributed by atoms with Gasteiger partial charge >= 0.3 is 0 Å². The molecule has 3 N–H and O–H groups in total. The Hall–Kier alpha value is -1.34. The van der Waals surface area contributed by atoms with Gasteiger partial charge in [-0.25, -0.2) is 0 Å². The van der Waals surface area contributed by atoms with Gasteiger partial charge in [-0.15, -0.1) is 0 Å². The van der Waals surface area contributed by atoms with Crippen LogP contribution in [0, 0.1) is 11.8 Å². The van der Waals surface area contributed by atoms with Crippen LogP contribution < -0.4 is 5.73 Å². The van der Waals surface area contributed by atoms with Crippen molar-refractivity contribution in [1.29, 1.82) is 0 Å². The summed E-state index contributed by atoms with van der Waals surface area (Å²) in [5.41, 5.74) is 7.73. The average molecular weight is 260 g/mol. The Morgan fingerprint density at radius 2 is 2.00 bits per heavy atom. The molecule has 3 nitrogen and oxygen atoms in total. The van der Waals surface area contributed by atoms with E-state index in [-0.39, 0.29) is 0 Å². The Kier molecular flexibility index (Phi) is 7.92. The smallest absolute Gasteiger partial charge is 0.0555 e. The highest BCUT2D eigenvalue weighted by atomic mass is 16.2. The molecule has 0 radical (unpaired) electrons. The van der Waals surface area contributed by atoms with Gasteiger partial charge in [-0.05, 0) is 44.5 Å². The van der Waals surface area contributed by atoms with Crippen LogP contribution in [0.4, 0.5) is 0 Å². The molecule has 1 aromatic rings. The molecule has 0 unspecified atom stereocenters. The molecular formula is C16H24N2O. The average Bonchev–Trinajstić information content (AvgIpc) is 2.43. The van der Waals surface area contributed by atoms with Crippen LogP contribution in [-0.2, 0) is 6.54 Å². The summed E-state index contributed by atoms with van der Waals surface area (Å²) in [4.78, 5) is 2.29. The van der Waals surface area contributed by atoms with Crippen LogP contribution in [0.15, 0.2) is 24.3 Å². The van der Waals surface area contributed by atoms with Crippen molar-refractivity contribution in [2.45, 2.75) is 25.8 Å². The Labute approximate surface area is 116 Å². The minimum Gasteiger partial charge on any atom is -0.396 e. The fourth-order valence-corrected chi connectivity index (χ4v) is 1.97. The second-order valence-corrected chi connectivity index (χ2v) is 4.69. The molecule has 0 aliphatic heterocycles. The highest BCUT2D eigenvalue weighted by molar-refractivity contribution is 5.41. The van der Waals surface area contributed by atoms with Crippen molar-refractivity contribution in [3.05, 3.63) is 35.4 Å². The topological polar surface area (TPSA) is 49.5 Å². The van der Waals surface area contributed by atoms with Gasteiger partial charge in [-0.1, -0.05) is 30.0 Å². The third kappa shape index (κ3) is 6.40. The van der Waals surface area contributed by atoms with Gasteiger partial charge in [0.05, 0.1) is 6.54 Å². The van der Waals surface area contributed by atoms with Crippen LogP contribution in [-0.4, -0.2) is 36.8 Å². The zero-order valence-electron chi connectivity index (χ0n) is 11.7. The number of aliphatic hydroxyl groups is 1. The van der Waals surface area contributed by atoms with E-state index in [0.717, 1.165) is 37.9 Å². The van der Waals surface area contributed by atoms with E-state index in [1.807, 2.05) is 18.2 Å². The van der Waals surface area contributed by atoms with Crippen molar-refractivity contribution in [3.8, 4) is 11.8 Å². The molecule has 0 amide bonds. The maximum Gasteiger partial charge on any atom is 0.0555 e. The lowest BCUT2D eigenvalue weighted by atomic mass is 10.1. The summed E-state index contributed by atoms with van der Waals surface area (Å²) >= 11 is 0. The molecule has 0 heterocycles. The molecule has 0 bridgehead atoms. The maximum absolute atomic E-state index is 8.75. The zero-order valence-corrected chi connectivity index (χ0v) is 11.7. The van der Waals surface area contributed by atoms with Crippen molar-refractivity contribution in [1.82, 2.24) is 4.90 Å². The van der Waals surface area contributed by atoms with Crippen LogP contribution in [0.25, 0.3) is 0 Å². The van der Waals surface area contributed by atoms with Crippen LogP contribution in [0.5, 0.6) is 0 Å². The largest absolute Gasteiger partial charge is 0.396 e. The highest BCUT2D eigenvalue weighted by Gasteiger charge is 2.03. The monoisotopic (exact) mass is 260 g/mol. The molecule has 0 aromatic heterocycles. The second-order valence-electron chi connectivity index (χ2n) is 4.69. The fraction of sp³-hybridized carbons (Fsp3) is 0.500. The highest BCUT2D eigenvalue weighted by Crippen LogP contribution is 2.10. The van der Waals surface area contributed by atoms with Crippen molar-refractivity contribution < 1.29 is 5.11 Å². The Morgan fingerprint density at radius 3 is 2.74 bits per heavy atom. The molecule has 1 aromatic carbocycles. The van der Waals surface area contributed by atoms with Gasteiger partial charge in [0.2, 0.25) is 0 Å². The Balaban J connectivity index is 2.51. The van der Waals surface area contributed by atoms with Gasteiger partial charge in [0.25, 0.3) is 0 Å². The molecule has 0 atom stereocenters. The zero-order chi connectivity index (χ0) is 13.9. The summed E-state index contributed by atoms with van der Waals surface area (Å²) in [7, 11) is 2.12. The molecule has 3 heteroatoms. The predicted molar refractivity (Wildman–Crippen MR) is 79.6 cm³/mol. The van der Waals surface area contributed by atoms with Gasteiger partial charge in [0.15, 0.2) is 0 Å². The number of nitrogens with zero attached hydrogens (tertiary/aromatic N) is 1. The second kappa shape index (κ2) is 9.57. The van der Waals surface area contributed by atoms with E-state index in [1.54, 1.807) is 0 Å². The van der Waals surface area contributed by atoms with Crippen LogP contribution >= 0.6 is 0 Å². The molecular weight excluding hydrogens is 236 g/mol. The number of benzene rings is 1. The first-order valence-electron chi connectivity index (χ1n) is 6.84. The summed E-state index contributed by atoms with van der Waals surface area (Å²) in [6, 6.07) is 8.20. The number of hydrogen-bond donors (Lipinski definition) is 2. The van der Waals surface area contributed by atoms with Crippen molar-refractivity contribution >= 4 is 0 Å². The molecule has 1 rings (SSSR count). The van der Waals surface area contributed by atoms with Gasteiger partial charge in [-0.3, -0.25) is 0 Å². The van der Waals surface area contributed by atoms with E-state index in [2.05, 4.69) is 29.9 Å².